The molecule has 5 heteroatoms. The van der Waals surface area contributed by atoms with Crippen LogP contribution in [-0.2, 0) is 24.2 Å². The molecule has 4 rings (SSSR count). The summed E-state index contributed by atoms with van der Waals surface area (Å²) in [7, 11) is 0. The number of amides is 1. The van der Waals surface area contributed by atoms with E-state index in [2.05, 4.69) is 50.0 Å². The second kappa shape index (κ2) is 8.76. The van der Waals surface area contributed by atoms with Crippen LogP contribution in [0.5, 0.6) is 0 Å². The molecule has 2 aromatic carbocycles. The maximum absolute atomic E-state index is 13.3. The van der Waals surface area contributed by atoms with Crippen molar-refractivity contribution in [2.75, 3.05) is 4.90 Å². The standard InChI is InChI=1S/C25H25N3OS/c1-4-19-8-10-20(11-9-19)15-24(29)28(16-21-7-5-6-12-26-21)25-27-22-13-17(2)18(3)14-23(22)30-25/h5-14H,4,15-16H2,1-3H3. The fraction of sp³-hybridized carbons (Fsp3) is 0.240. The van der Waals surface area contributed by atoms with E-state index < -0.39 is 0 Å². The molecule has 152 valence electrons. The van der Waals surface area contributed by atoms with Crippen molar-refractivity contribution in [3.05, 3.63) is 88.7 Å². The minimum Gasteiger partial charge on any atom is -0.282 e. The quantitative estimate of drug-likeness (QED) is 0.409. The Morgan fingerprint density at radius 3 is 2.43 bits per heavy atom. The molecular formula is C25H25N3OS. The van der Waals surface area contributed by atoms with E-state index in [0.29, 0.717) is 13.0 Å². The fourth-order valence-electron chi connectivity index (χ4n) is 3.36. The molecule has 2 aromatic heterocycles. The predicted molar refractivity (Wildman–Crippen MR) is 124 cm³/mol. The second-order valence-electron chi connectivity index (χ2n) is 7.55. The summed E-state index contributed by atoms with van der Waals surface area (Å²) in [5.41, 5.74) is 6.50. The number of hydrogen-bond donors (Lipinski definition) is 0. The minimum atomic E-state index is 0.0254. The zero-order chi connectivity index (χ0) is 21.1. The van der Waals surface area contributed by atoms with E-state index in [4.69, 9.17) is 4.98 Å². The fourth-order valence-corrected chi connectivity index (χ4v) is 4.42. The molecule has 0 saturated carbocycles. The second-order valence-corrected chi connectivity index (χ2v) is 8.56. The largest absolute Gasteiger partial charge is 0.282 e. The van der Waals surface area contributed by atoms with Gasteiger partial charge in [0.2, 0.25) is 5.91 Å². The third kappa shape index (κ3) is 4.41. The SMILES string of the molecule is CCc1ccc(CC(=O)N(Cc2ccccn2)c2nc3cc(C)c(C)cc3s2)cc1. The molecule has 0 bridgehead atoms. The number of benzene rings is 2. The lowest BCUT2D eigenvalue weighted by atomic mass is 10.1. The number of anilines is 1. The van der Waals surface area contributed by atoms with Crippen LogP contribution < -0.4 is 4.90 Å². The van der Waals surface area contributed by atoms with Crippen LogP contribution in [0.25, 0.3) is 10.2 Å². The predicted octanol–water partition coefficient (Wildman–Crippen LogP) is 5.65. The number of nitrogens with zero attached hydrogens (tertiary/aromatic N) is 3. The molecule has 4 nitrogen and oxygen atoms in total. The van der Waals surface area contributed by atoms with Crippen LogP contribution in [0.2, 0.25) is 0 Å². The number of hydrogen-bond acceptors (Lipinski definition) is 4. The Morgan fingerprint density at radius 2 is 1.73 bits per heavy atom. The molecule has 2 heterocycles. The van der Waals surface area contributed by atoms with Gasteiger partial charge < -0.3 is 0 Å². The van der Waals surface area contributed by atoms with Gasteiger partial charge in [-0.05, 0) is 66.8 Å². The molecule has 0 fully saturated rings. The van der Waals surface area contributed by atoms with Crippen LogP contribution in [-0.4, -0.2) is 15.9 Å². The van der Waals surface area contributed by atoms with Crippen molar-refractivity contribution in [2.45, 2.75) is 40.2 Å². The molecule has 0 aliphatic heterocycles. The maximum atomic E-state index is 13.3. The minimum absolute atomic E-state index is 0.0254. The van der Waals surface area contributed by atoms with Gasteiger partial charge in [0, 0.05) is 6.20 Å². The van der Waals surface area contributed by atoms with Gasteiger partial charge in [-0.15, -0.1) is 0 Å². The van der Waals surface area contributed by atoms with E-state index >= 15 is 0 Å². The monoisotopic (exact) mass is 415 g/mol. The van der Waals surface area contributed by atoms with Gasteiger partial charge in [0.1, 0.15) is 0 Å². The van der Waals surface area contributed by atoms with Crippen molar-refractivity contribution in [1.29, 1.82) is 0 Å². The summed E-state index contributed by atoms with van der Waals surface area (Å²) in [6.07, 6.45) is 3.09. The third-order valence-corrected chi connectivity index (χ3v) is 6.40. The molecule has 1 amide bonds. The first-order valence-corrected chi connectivity index (χ1v) is 11.0. The number of fused-ring (bicyclic) bond motifs is 1. The number of aromatic nitrogens is 2. The van der Waals surface area contributed by atoms with E-state index in [9.17, 15) is 4.79 Å². The van der Waals surface area contributed by atoms with E-state index in [1.54, 1.807) is 22.4 Å². The van der Waals surface area contributed by atoms with Gasteiger partial charge >= 0.3 is 0 Å². The highest BCUT2D eigenvalue weighted by Gasteiger charge is 2.21. The zero-order valence-corrected chi connectivity index (χ0v) is 18.4. The van der Waals surface area contributed by atoms with Gasteiger partial charge in [0.15, 0.2) is 5.13 Å². The van der Waals surface area contributed by atoms with Crippen LogP contribution in [0.15, 0.2) is 60.8 Å². The Labute approximate surface area is 181 Å². The van der Waals surface area contributed by atoms with Crippen LogP contribution in [0.4, 0.5) is 5.13 Å². The van der Waals surface area contributed by atoms with Gasteiger partial charge in [-0.2, -0.15) is 0 Å². The average molecular weight is 416 g/mol. The first kappa shape index (κ1) is 20.2. The topological polar surface area (TPSA) is 46.1 Å². The van der Waals surface area contributed by atoms with Crippen molar-refractivity contribution in [3.63, 3.8) is 0 Å². The number of carbonyl (C=O) groups is 1. The Hall–Kier alpha value is -3.05. The summed E-state index contributed by atoms with van der Waals surface area (Å²) in [5, 5.41) is 0.718. The number of carbonyl (C=O) groups excluding carboxylic acids is 1. The Balaban J connectivity index is 1.67. The van der Waals surface area contributed by atoms with Crippen molar-refractivity contribution < 1.29 is 4.79 Å². The van der Waals surface area contributed by atoms with Crippen molar-refractivity contribution in [1.82, 2.24) is 9.97 Å². The molecule has 0 aliphatic carbocycles. The Kier molecular flexibility index (Phi) is 5.91. The molecule has 0 aliphatic rings. The molecule has 0 saturated heterocycles. The molecular weight excluding hydrogens is 390 g/mol. The Bertz CT molecular complexity index is 1130. The molecule has 4 aromatic rings. The number of rotatable bonds is 6. The number of thiazole rings is 1. The van der Waals surface area contributed by atoms with Gasteiger partial charge in [0.25, 0.3) is 0 Å². The molecule has 30 heavy (non-hydrogen) atoms. The molecule has 0 unspecified atom stereocenters. The lowest BCUT2D eigenvalue weighted by molar-refractivity contribution is -0.118. The van der Waals surface area contributed by atoms with Crippen molar-refractivity contribution in [3.8, 4) is 0 Å². The highest BCUT2D eigenvalue weighted by molar-refractivity contribution is 7.22. The lowest BCUT2D eigenvalue weighted by Crippen LogP contribution is -2.32. The average Bonchev–Trinajstić information content (AvgIpc) is 3.15. The third-order valence-electron chi connectivity index (χ3n) is 5.36. The first-order valence-electron chi connectivity index (χ1n) is 10.2. The summed E-state index contributed by atoms with van der Waals surface area (Å²) in [5.74, 6) is 0.0254. The molecule has 0 N–H and O–H groups in total. The smallest absolute Gasteiger partial charge is 0.233 e. The normalized spacial score (nSPS) is 11.0. The van der Waals surface area contributed by atoms with E-state index in [1.165, 1.54) is 16.7 Å². The highest BCUT2D eigenvalue weighted by Crippen LogP contribution is 2.32. The van der Waals surface area contributed by atoms with Crippen molar-refractivity contribution in [2.24, 2.45) is 0 Å². The zero-order valence-electron chi connectivity index (χ0n) is 17.6. The number of pyridine rings is 1. The summed E-state index contributed by atoms with van der Waals surface area (Å²) in [6, 6.07) is 18.3. The summed E-state index contributed by atoms with van der Waals surface area (Å²) in [4.78, 5) is 24.3. The van der Waals surface area contributed by atoms with E-state index in [0.717, 1.165) is 33.0 Å². The summed E-state index contributed by atoms with van der Waals surface area (Å²) >= 11 is 1.56. The molecule has 0 spiro atoms. The Morgan fingerprint density at radius 1 is 1.00 bits per heavy atom. The summed E-state index contributed by atoms with van der Waals surface area (Å²) < 4.78 is 1.10. The highest BCUT2D eigenvalue weighted by atomic mass is 32.1. The van der Waals surface area contributed by atoms with Gasteiger partial charge in [-0.25, -0.2) is 4.98 Å². The molecule has 0 atom stereocenters. The first-order chi connectivity index (χ1) is 14.5. The van der Waals surface area contributed by atoms with Crippen LogP contribution in [0.3, 0.4) is 0 Å². The van der Waals surface area contributed by atoms with E-state index in [1.807, 2.05) is 30.3 Å². The lowest BCUT2D eigenvalue weighted by Gasteiger charge is -2.19. The van der Waals surface area contributed by atoms with Crippen LogP contribution in [0.1, 0.15) is 34.9 Å². The van der Waals surface area contributed by atoms with Gasteiger partial charge in [0.05, 0.1) is 28.9 Å². The van der Waals surface area contributed by atoms with E-state index in [-0.39, 0.29) is 5.91 Å². The van der Waals surface area contributed by atoms with Crippen LogP contribution >= 0.6 is 11.3 Å². The summed E-state index contributed by atoms with van der Waals surface area (Å²) in [6.45, 7) is 6.73. The maximum Gasteiger partial charge on any atom is 0.233 e. The number of aryl methyl sites for hydroxylation is 3. The van der Waals surface area contributed by atoms with Gasteiger partial charge in [-0.1, -0.05) is 48.6 Å². The van der Waals surface area contributed by atoms with Crippen molar-refractivity contribution >= 4 is 32.6 Å². The van der Waals surface area contributed by atoms with Crippen LogP contribution in [0, 0.1) is 13.8 Å². The van der Waals surface area contributed by atoms with Gasteiger partial charge in [-0.3, -0.25) is 14.7 Å². The molecule has 0 radical (unpaired) electrons.